The molecule has 1 rings (SSSR count). The fraction of sp³-hybridized carbons (Fsp3) is 0.333. The molecule has 3 nitrogen and oxygen atoms in total. The van der Waals surface area contributed by atoms with Crippen LogP contribution in [-0.4, -0.2) is 10.8 Å². The van der Waals surface area contributed by atoms with E-state index in [0.29, 0.717) is 0 Å². The lowest BCUT2D eigenvalue weighted by Crippen LogP contribution is -2.21. The summed E-state index contributed by atoms with van der Waals surface area (Å²) in [6, 6.07) is 0. The molecule has 0 amide bonds. The van der Waals surface area contributed by atoms with Crippen LogP contribution in [0.1, 0.15) is 6.42 Å². The second kappa shape index (κ2) is 3.49. The van der Waals surface area contributed by atoms with Crippen molar-refractivity contribution >= 4 is 12.4 Å². The van der Waals surface area contributed by atoms with E-state index in [2.05, 4.69) is 5.18 Å². The van der Waals surface area contributed by atoms with Crippen molar-refractivity contribution in [2.45, 2.75) is 12.1 Å². The minimum atomic E-state index is -1.48. The molecule has 4 heteroatoms. The van der Waals surface area contributed by atoms with Crippen LogP contribution in [0.25, 0.3) is 0 Å². The first-order valence-corrected chi connectivity index (χ1v) is 2.68. The summed E-state index contributed by atoms with van der Waals surface area (Å²) in [7, 11) is 0. The van der Waals surface area contributed by atoms with Crippen molar-refractivity contribution < 1.29 is 5.11 Å². The molecule has 1 unspecified atom stereocenters. The predicted molar refractivity (Wildman–Crippen MR) is 40.9 cm³/mol. The van der Waals surface area contributed by atoms with Gasteiger partial charge in [-0.1, -0.05) is 18.2 Å². The Kier molecular flexibility index (Phi) is 3.25. The van der Waals surface area contributed by atoms with Crippen LogP contribution in [-0.2, 0) is 0 Å². The van der Waals surface area contributed by atoms with Gasteiger partial charge in [0, 0.05) is 6.42 Å². The Morgan fingerprint density at radius 3 is 2.50 bits per heavy atom. The Balaban J connectivity index is 0.000000810. The van der Waals surface area contributed by atoms with Crippen molar-refractivity contribution in [3.05, 3.63) is 29.2 Å². The van der Waals surface area contributed by atoms with Crippen molar-refractivity contribution in [2.75, 3.05) is 0 Å². The van der Waals surface area contributed by atoms with E-state index in [1.807, 2.05) is 0 Å². The largest absolute Gasteiger partial charge is 0.363 e. The normalized spacial score (nSPS) is 29.3. The van der Waals surface area contributed by atoms with Crippen molar-refractivity contribution in [1.29, 1.82) is 0 Å². The highest BCUT2D eigenvalue weighted by Gasteiger charge is 2.23. The van der Waals surface area contributed by atoms with Crippen molar-refractivity contribution in [1.82, 2.24) is 0 Å². The molecule has 0 fully saturated rings. The lowest BCUT2D eigenvalue weighted by Gasteiger charge is -2.14. The lowest BCUT2D eigenvalue weighted by atomic mass is 10.1. The van der Waals surface area contributed by atoms with E-state index in [9.17, 15) is 4.91 Å². The van der Waals surface area contributed by atoms with E-state index in [-0.39, 0.29) is 18.8 Å². The molecule has 10 heavy (non-hydrogen) atoms. The molecule has 0 aliphatic heterocycles. The molecular weight excluding hydrogens is 154 g/mol. The van der Waals surface area contributed by atoms with Crippen LogP contribution in [0, 0.1) is 4.91 Å². The van der Waals surface area contributed by atoms with Crippen LogP contribution in [0.15, 0.2) is 29.5 Å². The van der Waals surface area contributed by atoms with Gasteiger partial charge in [-0.15, -0.1) is 17.3 Å². The molecule has 1 N–H and O–H groups in total. The van der Waals surface area contributed by atoms with Gasteiger partial charge in [-0.05, 0) is 11.3 Å². The summed E-state index contributed by atoms with van der Waals surface area (Å²) in [6.07, 6.45) is 6.72. The molecule has 1 aliphatic carbocycles. The van der Waals surface area contributed by atoms with Gasteiger partial charge in [0.05, 0.1) is 0 Å². The van der Waals surface area contributed by atoms with Gasteiger partial charge in [-0.2, -0.15) is 0 Å². The van der Waals surface area contributed by atoms with Gasteiger partial charge in [0.25, 0.3) is 0 Å². The summed E-state index contributed by atoms with van der Waals surface area (Å²) in [5, 5.41) is 11.6. The second-order valence-electron chi connectivity index (χ2n) is 1.96. The Bertz CT molecular complexity index is 179. The first-order chi connectivity index (χ1) is 4.27. The maximum atomic E-state index is 9.90. The highest BCUT2D eigenvalue weighted by molar-refractivity contribution is 5.85. The fourth-order valence-corrected chi connectivity index (χ4v) is 0.665. The number of hydrogen-bond donors (Lipinski definition) is 1. The van der Waals surface area contributed by atoms with Gasteiger partial charge in [0.2, 0.25) is 5.72 Å². The lowest BCUT2D eigenvalue weighted by molar-refractivity contribution is 0.101. The van der Waals surface area contributed by atoms with Gasteiger partial charge in [0.1, 0.15) is 0 Å². The summed E-state index contributed by atoms with van der Waals surface area (Å²) >= 11 is 0. The van der Waals surface area contributed by atoms with Crippen molar-refractivity contribution in [3.63, 3.8) is 0 Å². The van der Waals surface area contributed by atoms with Gasteiger partial charge < -0.3 is 5.11 Å². The van der Waals surface area contributed by atoms with Gasteiger partial charge >= 0.3 is 0 Å². The minimum Gasteiger partial charge on any atom is -0.363 e. The summed E-state index contributed by atoms with van der Waals surface area (Å²) in [4.78, 5) is 9.90. The maximum Gasteiger partial charge on any atom is 0.220 e. The molecule has 0 aromatic heterocycles. The van der Waals surface area contributed by atoms with E-state index in [4.69, 9.17) is 5.11 Å². The Labute approximate surface area is 64.8 Å². The Morgan fingerprint density at radius 1 is 1.50 bits per heavy atom. The minimum absolute atomic E-state index is 0. The zero-order valence-electron chi connectivity index (χ0n) is 5.23. The molecule has 0 spiro atoms. The third-order valence-electron chi connectivity index (χ3n) is 1.19. The van der Waals surface area contributed by atoms with Crippen LogP contribution in [0.3, 0.4) is 0 Å². The topological polar surface area (TPSA) is 49.7 Å². The van der Waals surface area contributed by atoms with Crippen LogP contribution in [0.4, 0.5) is 0 Å². The molecular formula is C6H8ClNO2. The summed E-state index contributed by atoms with van der Waals surface area (Å²) in [6.45, 7) is 0. The molecule has 56 valence electrons. The van der Waals surface area contributed by atoms with Gasteiger partial charge in [-0.25, -0.2) is 0 Å². The number of rotatable bonds is 1. The van der Waals surface area contributed by atoms with Crippen LogP contribution in [0.2, 0.25) is 0 Å². The van der Waals surface area contributed by atoms with Gasteiger partial charge in [-0.3, -0.25) is 0 Å². The number of allylic oxidation sites excluding steroid dienone is 2. The number of nitrogens with zero attached hydrogens (tertiary/aromatic N) is 1. The molecule has 0 radical (unpaired) electrons. The van der Waals surface area contributed by atoms with E-state index in [1.165, 1.54) is 6.08 Å². The van der Waals surface area contributed by atoms with E-state index in [1.54, 1.807) is 18.2 Å². The molecule has 0 heterocycles. The average molecular weight is 162 g/mol. The van der Waals surface area contributed by atoms with E-state index in [0.717, 1.165) is 0 Å². The Morgan fingerprint density at radius 2 is 2.20 bits per heavy atom. The standard InChI is InChI=1S/C6H7NO2.ClH/c8-6(7-9)4-2-1-3-5-6;/h1-4,8H,5H2;1H. The molecule has 1 aliphatic rings. The van der Waals surface area contributed by atoms with Crippen molar-refractivity contribution in [3.8, 4) is 0 Å². The van der Waals surface area contributed by atoms with E-state index >= 15 is 0 Å². The number of hydrogen-bond acceptors (Lipinski definition) is 3. The summed E-state index contributed by atoms with van der Waals surface area (Å²) in [5.74, 6) is 0. The number of nitroso groups, excluding NO2 is 1. The molecule has 0 aromatic carbocycles. The van der Waals surface area contributed by atoms with Crippen LogP contribution in [0.5, 0.6) is 0 Å². The average Bonchev–Trinajstić information content (AvgIpc) is 1.90. The SMILES string of the molecule is Cl.O=NC1(O)C=CC=CC1. The smallest absolute Gasteiger partial charge is 0.220 e. The molecule has 1 atom stereocenters. The third kappa shape index (κ3) is 1.93. The van der Waals surface area contributed by atoms with Crippen molar-refractivity contribution in [2.24, 2.45) is 5.18 Å². The maximum absolute atomic E-state index is 9.90. The summed E-state index contributed by atoms with van der Waals surface area (Å²) in [5.41, 5.74) is -1.48. The fourth-order valence-electron chi connectivity index (χ4n) is 0.665. The monoisotopic (exact) mass is 161 g/mol. The third-order valence-corrected chi connectivity index (χ3v) is 1.19. The number of aliphatic hydroxyl groups is 1. The first kappa shape index (κ1) is 9.33. The zero-order valence-corrected chi connectivity index (χ0v) is 6.04. The quantitative estimate of drug-likeness (QED) is 0.591. The summed E-state index contributed by atoms with van der Waals surface area (Å²) < 4.78 is 0. The van der Waals surface area contributed by atoms with Crippen LogP contribution < -0.4 is 0 Å². The highest BCUT2D eigenvalue weighted by atomic mass is 35.5. The highest BCUT2D eigenvalue weighted by Crippen LogP contribution is 2.17. The second-order valence-corrected chi connectivity index (χ2v) is 1.96. The molecule has 0 aromatic rings. The molecule has 0 bridgehead atoms. The Hall–Kier alpha value is -0.670. The zero-order chi connectivity index (χ0) is 6.74. The number of halogens is 1. The van der Waals surface area contributed by atoms with E-state index < -0.39 is 5.72 Å². The first-order valence-electron chi connectivity index (χ1n) is 2.68. The predicted octanol–water partition coefficient (Wildman–Crippen LogP) is 1.38. The molecule has 0 saturated heterocycles. The molecule has 0 saturated carbocycles. The van der Waals surface area contributed by atoms with Crippen LogP contribution >= 0.6 is 12.4 Å². The van der Waals surface area contributed by atoms with Gasteiger partial charge in [0.15, 0.2) is 0 Å².